The summed E-state index contributed by atoms with van der Waals surface area (Å²) < 4.78 is 18.1. The molecule has 0 aliphatic rings. The van der Waals surface area contributed by atoms with Crippen molar-refractivity contribution in [2.45, 2.75) is 25.8 Å². The van der Waals surface area contributed by atoms with Crippen LogP contribution in [-0.2, 0) is 0 Å². The number of hydrogen-bond donors (Lipinski definition) is 1. The first kappa shape index (κ1) is 13.1. The molecule has 96 valence electrons. The molecule has 5 heteroatoms. The number of nitrogens with zero attached hydrogens (tertiary/aromatic N) is 1. The van der Waals surface area contributed by atoms with Gasteiger partial charge in [0.25, 0.3) is 0 Å². The monoisotopic (exact) mass is 268 g/mol. The maximum Gasteiger partial charge on any atom is 0.154 e. The number of rotatable bonds is 4. The molecule has 0 fully saturated rings. The lowest BCUT2D eigenvalue weighted by molar-refractivity contribution is 0.356. The number of nitrogens with two attached hydrogens (primary N) is 1. The second-order valence-corrected chi connectivity index (χ2v) is 4.54. The van der Waals surface area contributed by atoms with Crippen molar-refractivity contribution in [3.8, 4) is 11.3 Å². The quantitative estimate of drug-likeness (QED) is 0.914. The molecule has 0 aliphatic carbocycles. The van der Waals surface area contributed by atoms with Crippen molar-refractivity contribution in [2.75, 3.05) is 0 Å². The van der Waals surface area contributed by atoms with Gasteiger partial charge in [-0.05, 0) is 24.6 Å². The predicted octanol–water partition coefficient (Wildman–Crippen LogP) is 3.93. The zero-order chi connectivity index (χ0) is 13.1. The Hall–Kier alpha value is -1.39. The van der Waals surface area contributed by atoms with E-state index in [4.69, 9.17) is 21.9 Å². The molecule has 18 heavy (non-hydrogen) atoms. The molecule has 1 heterocycles. The molecule has 0 bridgehead atoms. The molecule has 1 aromatic heterocycles. The van der Waals surface area contributed by atoms with Gasteiger partial charge in [-0.15, -0.1) is 0 Å². The van der Waals surface area contributed by atoms with Gasteiger partial charge in [-0.25, -0.2) is 4.39 Å². The van der Waals surface area contributed by atoms with Gasteiger partial charge in [0.15, 0.2) is 5.76 Å². The van der Waals surface area contributed by atoms with Crippen LogP contribution in [0.25, 0.3) is 11.3 Å². The van der Waals surface area contributed by atoms with Crippen LogP contribution in [0.4, 0.5) is 4.39 Å². The predicted molar refractivity (Wildman–Crippen MR) is 68.7 cm³/mol. The van der Waals surface area contributed by atoms with Crippen molar-refractivity contribution in [1.29, 1.82) is 0 Å². The first-order chi connectivity index (χ1) is 8.61. The molecule has 2 rings (SSSR count). The lowest BCUT2D eigenvalue weighted by Gasteiger charge is -2.03. The minimum Gasteiger partial charge on any atom is -0.359 e. The summed E-state index contributed by atoms with van der Waals surface area (Å²) in [7, 11) is 0. The number of halogens is 2. The average molecular weight is 269 g/mol. The van der Waals surface area contributed by atoms with Crippen LogP contribution in [0, 0.1) is 5.82 Å². The summed E-state index contributed by atoms with van der Waals surface area (Å²) in [5.41, 5.74) is 7.14. The molecule has 1 aromatic carbocycles. The summed E-state index contributed by atoms with van der Waals surface area (Å²) in [6, 6.07) is 5.73. The Balaban J connectivity index is 2.29. The van der Waals surface area contributed by atoms with E-state index < -0.39 is 0 Å². The van der Waals surface area contributed by atoms with Gasteiger partial charge in [-0.3, -0.25) is 0 Å². The Kier molecular flexibility index (Phi) is 3.99. The second-order valence-electron chi connectivity index (χ2n) is 4.13. The maximum absolute atomic E-state index is 12.9. The third kappa shape index (κ3) is 2.71. The molecule has 2 N–H and O–H groups in total. The van der Waals surface area contributed by atoms with Gasteiger partial charge in [0, 0.05) is 11.6 Å². The lowest BCUT2D eigenvalue weighted by atomic mass is 10.1. The molecule has 2 aromatic rings. The molecule has 3 nitrogen and oxygen atoms in total. The first-order valence-electron chi connectivity index (χ1n) is 5.79. The van der Waals surface area contributed by atoms with Crippen molar-refractivity contribution >= 4 is 11.6 Å². The van der Waals surface area contributed by atoms with Crippen LogP contribution in [0.2, 0.25) is 5.02 Å². The Bertz CT molecular complexity index is 542. The highest BCUT2D eigenvalue weighted by molar-refractivity contribution is 6.33. The zero-order valence-corrected chi connectivity index (χ0v) is 10.7. The molecular formula is C13H14ClFN2O. The fourth-order valence-corrected chi connectivity index (χ4v) is 2.01. The van der Waals surface area contributed by atoms with E-state index in [9.17, 15) is 4.39 Å². The van der Waals surface area contributed by atoms with Crippen molar-refractivity contribution in [3.63, 3.8) is 0 Å². The van der Waals surface area contributed by atoms with Crippen molar-refractivity contribution in [1.82, 2.24) is 5.16 Å². The van der Waals surface area contributed by atoms with Crippen molar-refractivity contribution in [3.05, 3.63) is 40.9 Å². The topological polar surface area (TPSA) is 52.0 Å². The van der Waals surface area contributed by atoms with Crippen LogP contribution < -0.4 is 5.73 Å². The summed E-state index contributed by atoms with van der Waals surface area (Å²) in [5, 5.41) is 4.22. The van der Waals surface area contributed by atoms with Crippen molar-refractivity contribution in [2.24, 2.45) is 5.73 Å². The molecule has 1 unspecified atom stereocenters. The normalized spacial score (nSPS) is 12.7. The van der Waals surface area contributed by atoms with Gasteiger partial charge < -0.3 is 10.3 Å². The highest BCUT2D eigenvalue weighted by atomic mass is 35.5. The van der Waals surface area contributed by atoms with Crippen LogP contribution in [0.5, 0.6) is 0 Å². The molecule has 1 atom stereocenters. The third-order valence-corrected chi connectivity index (χ3v) is 3.01. The molecule has 0 saturated heterocycles. The summed E-state index contributed by atoms with van der Waals surface area (Å²) in [4.78, 5) is 0. The maximum atomic E-state index is 12.9. The average Bonchev–Trinajstić information content (AvgIpc) is 2.78. The lowest BCUT2D eigenvalue weighted by Crippen LogP contribution is -2.08. The van der Waals surface area contributed by atoms with Crippen LogP contribution in [0.15, 0.2) is 28.8 Å². The van der Waals surface area contributed by atoms with E-state index in [0.29, 0.717) is 22.0 Å². The van der Waals surface area contributed by atoms with Gasteiger partial charge in [0.05, 0.1) is 11.1 Å². The van der Waals surface area contributed by atoms with Gasteiger partial charge in [0.1, 0.15) is 11.5 Å². The Morgan fingerprint density at radius 2 is 2.22 bits per heavy atom. The molecule has 0 spiro atoms. The molecule has 0 saturated carbocycles. The van der Waals surface area contributed by atoms with E-state index in [1.165, 1.54) is 12.1 Å². The number of hydrogen-bond acceptors (Lipinski definition) is 3. The minimum atomic E-state index is -0.379. The van der Waals surface area contributed by atoms with Gasteiger partial charge in [0.2, 0.25) is 0 Å². The van der Waals surface area contributed by atoms with E-state index in [1.807, 2.05) is 6.92 Å². The highest BCUT2D eigenvalue weighted by Gasteiger charge is 2.14. The SMILES string of the molecule is CCCC(N)c1cc(-c2ccc(F)cc2Cl)no1. The smallest absolute Gasteiger partial charge is 0.154 e. The van der Waals surface area contributed by atoms with Crippen LogP contribution in [-0.4, -0.2) is 5.16 Å². The molecule has 0 amide bonds. The number of benzene rings is 1. The highest BCUT2D eigenvalue weighted by Crippen LogP contribution is 2.29. The van der Waals surface area contributed by atoms with Gasteiger partial charge >= 0.3 is 0 Å². The summed E-state index contributed by atoms with van der Waals surface area (Å²) in [6.07, 6.45) is 1.79. The van der Waals surface area contributed by atoms with Crippen molar-refractivity contribution < 1.29 is 8.91 Å². The third-order valence-electron chi connectivity index (χ3n) is 2.70. The number of aromatic nitrogens is 1. The molecular weight excluding hydrogens is 255 g/mol. The molecule has 0 aliphatic heterocycles. The summed E-state index contributed by atoms with van der Waals surface area (Å²) in [5.74, 6) is 0.238. The zero-order valence-electron chi connectivity index (χ0n) is 9.99. The van der Waals surface area contributed by atoms with Gasteiger partial charge in [-0.2, -0.15) is 0 Å². The van der Waals surface area contributed by atoms with Crippen LogP contribution in [0.1, 0.15) is 31.6 Å². The minimum absolute atomic E-state index is 0.171. The summed E-state index contributed by atoms with van der Waals surface area (Å²) in [6.45, 7) is 2.05. The van der Waals surface area contributed by atoms with Crippen LogP contribution >= 0.6 is 11.6 Å². The first-order valence-corrected chi connectivity index (χ1v) is 6.17. The van der Waals surface area contributed by atoms with Crippen LogP contribution in [0.3, 0.4) is 0 Å². The summed E-state index contributed by atoms with van der Waals surface area (Å²) >= 11 is 5.96. The second kappa shape index (κ2) is 5.50. The Labute approximate surface area is 110 Å². The fourth-order valence-electron chi connectivity index (χ4n) is 1.74. The largest absolute Gasteiger partial charge is 0.359 e. The van der Waals surface area contributed by atoms with E-state index >= 15 is 0 Å². The molecule has 0 radical (unpaired) electrons. The Morgan fingerprint density at radius 1 is 1.44 bits per heavy atom. The fraction of sp³-hybridized carbons (Fsp3) is 0.308. The standard InChI is InChI=1S/C13H14ClFN2O/c1-2-3-11(16)13-7-12(17-18-13)9-5-4-8(15)6-10(9)14/h4-7,11H,2-3,16H2,1H3. The van der Waals surface area contributed by atoms with E-state index in [2.05, 4.69) is 5.16 Å². The van der Waals surface area contributed by atoms with E-state index in [-0.39, 0.29) is 11.9 Å². The van der Waals surface area contributed by atoms with E-state index in [0.717, 1.165) is 12.8 Å². The van der Waals surface area contributed by atoms with Gasteiger partial charge in [-0.1, -0.05) is 30.1 Å². The Morgan fingerprint density at radius 3 is 2.89 bits per heavy atom. The van der Waals surface area contributed by atoms with E-state index in [1.54, 1.807) is 12.1 Å².